The molecule has 16 heavy (non-hydrogen) atoms. The van der Waals surface area contributed by atoms with Crippen molar-refractivity contribution in [2.45, 2.75) is 33.2 Å². The molecule has 1 unspecified atom stereocenters. The lowest BCUT2D eigenvalue weighted by atomic mass is 10.0. The number of nitrogens with one attached hydrogen (secondary N) is 1. The second-order valence-corrected chi connectivity index (χ2v) is 4.07. The zero-order valence-corrected chi connectivity index (χ0v) is 10.2. The van der Waals surface area contributed by atoms with Gasteiger partial charge in [0.1, 0.15) is 11.3 Å². The lowest BCUT2D eigenvalue weighted by Gasteiger charge is -2.12. The molecule has 1 aromatic carbocycles. The molecule has 1 N–H and O–H groups in total. The largest absolute Gasteiger partial charge is 0.461 e. The molecular weight excluding hydrogens is 198 g/mol. The lowest BCUT2D eigenvalue weighted by molar-refractivity contribution is 0.525. The minimum atomic E-state index is 0.351. The molecule has 1 atom stereocenters. The van der Waals surface area contributed by atoms with Crippen LogP contribution in [0.5, 0.6) is 0 Å². The van der Waals surface area contributed by atoms with E-state index < -0.39 is 0 Å². The van der Waals surface area contributed by atoms with Gasteiger partial charge in [-0.3, -0.25) is 0 Å². The van der Waals surface area contributed by atoms with Gasteiger partial charge in [-0.25, -0.2) is 0 Å². The molecule has 2 aromatic rings. The Balaban J connectivity index is 2.55. The van der Waals surface area contributed by atoms with Gasteiger partial charge in [0.25, 0.3) is 0 Å². The molecule has 1 aromatic heterocycles. The number of benzene rings is 1. The van der Waals surface area contributed by atoms with E-state index in [4.69, 9.17) is 4.42 Å². The highest BCUT2D eigenvalue weighted by atomic mass is 16.3. The zero-order valence-electron chi connectivity index (χ0n) is 10.2. The van der Waals surface area contributed by atoms with E-state index in [0.717, 1.165) is 24.3 Å². The van der Waals surface area contributed by atoms with E-state index in [2.05, 4.69) is 38.2 Å². The molecule has 86 valence electrons. The van der Waals surface area contributed by atoms with Crippen LogP contribution in [-0.2, 0) is 6.42 Å². The van der Waals surface area contributed by atoms with Crippen molar-refractivity contribution in [3.63, 3.8) is 0 Å². The van der Waals surface area contributed by atoms with E-state index in [-0.39, 0.29) is 0 Å². The summed E-state index contributed by atoms with van der Waals surface area (Å²) in [6, 6.07) is 8.62. The lowest BCUT2D eigenvalue weighted by Crippen LogP contribution is -2.18. The molecule has 0 fully saturated rings. The van der Waals surface area contributed by atoms with Gasteiger partial charge in [-0.15, -0.1) is 0 Å². The summed E-state index contributed by atoms with van der Waals surface area (Å²) in [7, 11) is 0. The maximum atomic E-state index is 5.88. The van der Waals surface area contributed by atoms with Crippen LogP contribution in [0.15, 0.2) is 28.7 Å². The summed E-state index contributed by atoms with van der Waals surface area (Å²) in [5.74, 6) is 1.11. The fourth-order valence-electron chi connectivity index (χ4n) is 2.26. The molecule has 0 saturated heterocycles. The first-order valence-electron chi connectivity index (χ1n) is 6.01. The predicted molar refractivity (Wildman–Crippen MR) is 67.7 cm³/mol. The van der Waals surface area contributed by atoms with Crippen LogP contribution in [0.25, 0.3) is 11.0 Å². The van der Waals surface area contributed by atoms with Crippen LogP contribution in [0.3, 0.4) is 0 Å². The van der Waals surface area contributed by atoms with Crippen LogP contribution in [0.2, 0.25) is 0 Å². The minimum Gasteiger partial charge on any atom is -0.461 e. The van der Waals surface area contributed by atoms with Crippen molar-refractivity contribution < 1.29 is 4.42 Å². The van der Waals surface area contributed by atoms with Crippen LogP contribution in [0.1, 0.15) is 38.1 Å². The Kier molecular flexibility index (Phi) is 3.30. The highest BCUT2D eigenvalue weighted by Gasteiger charge is 2.17. The third kappa shape index (κ3) is 1.85. The summed E-state index contributed by atoms with van der Waals surface area (Å²) in [5.41, 5.74) is 2.32. The Morgan fingerprint density at radius 3 is 2.69 bits per heavy atom. The van der Waals surface area contributed by atoms with E-state index >= 15 is 0 Å². The Hall–Kier alpha value is -1.28. The SMILES string of the molecule is CCNC(C)c1c(CC)oc2ccccc12. The van der Waals surface area contributed by atoms with Crippen molar-refractivity contribution in [1.82, 2.24) is 5.32 Å². The van der Waals surface area contributed by atoms with Crippen LogP contribution < -0.4 is 5.32 Å². The van der Waals surface area contributed by atoms with Crippen molar-refractivity contribution in [3.8, 4) is 0 Å². The number of fused-ring (bicyclic) bond motifs is 1. The van der Waals surface area contributed by atoms with E-state index in [1.165, 1.54) is 10.9 Å². The smallest absolute Gasteiger partial charge is 0.134 e. The fraction of sp³-hybridized carbons (Fsp3) is 0.429. The molecule has 2 nitrogen and oxygen atoms in total. The summed E-state index contributed by atoms with van der Waals surface area (Å²) < 4.78 is 5.88. The van der Waals surface area contributed by atoms with Gasteiger partial charge in [0.05, 0.1) is 0 Å². The third-order valence-electron chi connectivity index (χ3n) is 2.98. The number of hydrogen-bond acceptors (Lipinski definition) is 2. The summed E-state index contributed by atoms with van der Waals surface area (Å²) in [6.07, 6.45) is 0.944. The van der Waals surface area contributed by atoms with Gasteiger partial charge >= 0.3 is 0 Å². The topological polar surface area (TPSA) is 25.2 Å². The molecule has 0 radical (unpaired) electrons. The van der Waals surface area contributed by atoms with Crippen LogP contribution in [0.4, 0.5) is 0 Å². The first-order chi connectivity index (χ1) is 7.77. The van der Waals surface area contributed by atoms with Gasteiger partial charge in [-0.05, 0) is 19.5 Å². The average Bonchev–Trinajstić information content (AvgIpc) is 2.67. The van der Waals surface area contributed by atoms with Crippen molar-refractivity contribution in [2.75, 3.05) is 6.54 Å². The van der Waals surface area contributed by atoms with Crippen molar-refractivity contribution in [2.24, 2.45) is 0 Å². The first kappa shape index (κ1) is 11.2. The van der Waals surface area contributed by atoms with Gasteiger partial charge in [-0.2, -0.15) is 0 Å². The Morgan fingerprint density at radius 1 is 1.25 bits per heavy atom. The van der Waals surface area contributed by atoms with Gasteiger partial charge in [0.2, 0.25) is 0 Å². The van der Waals surface area contributed by atoms with Gasteiger partial charge in [0, 0.05) is 23.4 Å². The van der Waals surface area contributed by atoms with E-state index in [1.807, 2.05) is 12.1 Å². The summed E-state index contributed by atoms with van der Waals surface area (Å²) in [5, 5.41) is 4.70. The van der Waals surface area contributed by atoms with E-state index in [0.29, 0.717) is 6.04 Å². The Morgan fingerprint density at radius 2 is 2.00 bits per heavy atom. The van der Waals surface area contributed by atoms with Crippen LogP contribution in [-0.4, -0.2) is 6.54 Å². The highest BCUT2D eigenvalue weighted by molar-refractivity contribution is 5.82. The highest BCUT2D eigenvalue weighted by Crippen LogP contribution is 2.30. The second kappa shape index (κ2) is 4.71. The predicted octanol–water partition coefficient (Wildman–Crippen LogP) is 3.67. The number of aryl methyl sites for hydroxylation is 1. The van der Waals surface area contributed by atoms with Crippen LogP contribution in [0, 0.1) is 0 Å². The van der Waals surface area contributed by atoms with Gasteiger partial charge in [-0.1, -0.05) is 32.0 Å². The van der Waals surface area contributed by atoms with Gasteiger partial charge in [0.15, 0.2) is 0 Å². The quantitative estimate of drug-likeness (QED) is 0.845. The number of hydrogen-bond donors (Lipinski definition) is 1. The Labute approximate surface area is 96.6 Å². The average molecular weight is 217 g/mol. The Bertz CT molecular complexity index is 473. The standard InChI is InChI=1S/C14H19NO/c1-4-12-14(10(3)15-5-2)11-8-6-7-9-13(11)16-12/h6-10,15H,4-5H2,1-3H3. The maximum Gasteiger partial charge on any atom is 0.134 e. The number of furan rings is 1. The summed E-state index contributed by atoms with van der Waals surface area (Å²) in [4.78, 5) is 0. The third-order valence-corrected chi connectivity index (χ3v) is 2.98. The molecule has 2 rings (SSSR count). The summed E-state index contributed by atoms with van der Waals surface area (Å²) in [6.45, 7) is 7.44. The molecule has 2 heteroatoms. The fourth-order valence-corrected chi connectivity index (χ4v) is 2.26. The molecule has 0 aliphatic carbocycles. The first-order valence-corrected chi connectivity index (χ1v) is 6.01. The van der Waals surface area contributed by atoms with Crippen molar-refractivity contribution in [3.05, 3.63) is 35.6 Å². The van der Waals surface area contributed by atoms with Crippen molar-refractivity contribution in [1.29, 1.82) is 0 Å². The zero-order chi connectivity index (χ0) is 11.5. The van der Waals surface area contributed by atoms with E-state index in [1.54, 1.807) is 0 Å². The molecule has 1 heterocycles. The van der Waals surface area contributed by atoms with Crippen LogP contribution >= 0.6 is 0 Å². The molecule has 0 spiro atoms. The number of para-hydroxylation sites is 1. The molecule has 0 saturated carbocycles. The molecule has 0 bridgehead atoms. The van der Waals surface area contributed by atoms with Crippen molar-refractivity contribution >= 4 is 11.0 Å². The second-order valence-electron chi connectivity index (χ2n) is 4.07. The summed E-state index contributed by atoms with van der Waals surface area (Å²) >= 11 is 0. The maximum absolute atomic E-state index is 5.88. The molecule has 0 aliphatic heterocycles. The minimum absolute atomic E-state index is 0.351. The monoisotopic (exact) mass is 217 g/mol. The molecule has 0 amide bonds. The van der Waals surface area contributed by atoms with E-state index in [9.17, 15) is 0 Å². The normalized spacial score (nSPS) is 13.2. The van der Waals surface area contributed by atoms with Gasteiger partial charge < -0.3 is 9.73 Å². The molecular formula is C14H19NO. The molecule has 0 aliphatic rings. The number of rotatable bonds is 4.